The first-order valence-electron chi connectivity index (χ1n) is 3.60. The van der Waals surface area contributed by atoms with Crippen LogP contribution in [-0.4, -0.2) is 16.2 Å². The van der Waals surface area contributed by atoms with Crippen molar-refractivity contribution in [3.8, 4) is 0 Å². The molecule has 1 rings (SSSR count). The summed E-state index contributed by atoms with van der Waals surface area (Å²) in [4.78, 5) is 16.9. The van der Waals surface area contributed by atoms with Gasteiger partial charge in [-0.25, -0.2) is 4.21 Å². The molecule has 0 saturated heterocycles. The third-order valence-electron chi connectivity index (χ3n) is 1.42. The first-order valence-corrected chi connectivity index (χ1v) is 4.75. The van der Waals surface area contributed by atoms with Crippen LogP contribution in [0.1, 0.15) is 0 Å². The average molecular weight is 216 g/mol. The zero-order valence-corrected chi connectivity index (χ0v) is 8.11. The lowest BCUT2D eigenvalue weighted by atomic mass is 10.3. The van der Waals surface area contributed by atoms with Gasteiger partial charge in [0.05, 0.1) is 16.9 Å². The van der Waals surface area contributed by atoms with Gasteiger partial charge in [-0.1, -0.05) is 0 Å². The van der Waals surface area contributed by atoms with Crippen molar-refractivity contribution < 1.29 is 14.0 Å². The predicted molar refractivity (Wildman–Crippen MR) is 49.6 cm³/mol. The van der Waals surface area contributed by atoms with Crippen LogP contribution in [0, 0.1) is 10.1 Å². The van der Waals surface area contributed by atoms with Crippen molar-refractivity contribution >= 4 is 16.7 Å². The van der Waals surface area contributed by atoms with Gasteiger partial charge in [0.1, 0.15) is 11.0 Å². The summed E-state index contributed by atoms with van der Waals surface area (Å²) >= 11 is 0. The van der Waals surface area contributed by atoms with E-state index in [0.29, 0.717) is 4.90 Å². The van der Waals surface area contributed by atoms with Crippen molar-refractivity contribution in [1.82, 2.24) is 4.89 Å². The molecule has 14 heavy (non-hydrogen) atoms. The highest BCUT2D eigenvalue weighted by molar-refractivity contribution is 7.82. The van der Waals surface area contributed by atoms with Crippen molar-refractivity contribution in [2.75, 3.05) is 7.11 Å². The molecule has 0 radical (unpaired) electrons. The maximum Gasteiger partial charge on any atom is 0.269 e. The molecule has 0 aliphatic carbocycles. The molecule has 76 valence electrons. The molecule has 0 saturated carbocycles. The van der Waals surface area contributed by atoms with Gasteiger partial charge in [-0.05, 0) is 12.1 Å². The van der Waals surface area contributed by atoms with E-state index in [0.717, 1.165) is 0 Å². The molecule has 7 heteroatoms. The molecule has 0 bridgehead atoms. The maximum absolute atomic E-state index is 11.2. The van der Waals surface area contributed by atoms with Crippen molar-refractivity contribution in [3.63, 3.8) is 0 Å². The summed E-state index contributed by atoms with van der Waals surface area (Å²) in [7, 11) is -0.163. The zero-order valence-electron chi connectivity index (χ0n) is 7.30. The number of non-ortho nitro benzene ring substituents is 1. The molecule has 0 aliphatic rings. The van der Waals surface area contributed by atoms with Crippen LogP contribution in [0.15, 0.2) is 29.2 Å². The van der Waals surface area contributed by atoms with Crippen LogP contribution in [0.3, 0.4) is 0 Å². The molecule has 0 aliphatic heterocycles. The number of hydrogen-bond acceptors (Lipinski definition) is 4. The summed E-state index contributed by atoms with van der Waals surface area (Å²) in [5, 5.41) is 10.3. The molecule has 0 heterocycles. The summed E-state index contributed by atoms with van der Waals surface area (Å²) < 4.78 is 11.2. The first-order chi connectivity index (χ1) is 6.65. The minimum Gasteiger partial charge on any atom is -0.292 e. The standard InChI is InChI=1S/C7H8N2O4S/c1-13-8-14(12)7-4-2-6(3-5-7)9(10)11/h2-5,8H,1H3/t14-/m0/s1. The van der Waals surface area contributed by atoms with Gasteiger partial charge in [0, 0.05) is 12.1 Å². The van der Waals surface area contributed by atoms with Crippen LogP contribution < -0.4 is 4.89 Å². The molecular weight excluding hydrogens is 208 g/mol. The molecule has 0 spiro atoms. The van der Waals surface area contributed by atoms with E-state index in [2.05, 4.69) is 9.72 Å². The number of hydrogen-bond donors (Lipinski definition) is 1. The van der Waals surface area contributed by atoms with Gasteiger partial charge in [-0.2, -0.15) is 0 Å². The lowest BCUT2D eigenvalue weighted by Crippen LogP contribution is -2.15. The Labute approximate surface area is 82.6 Å². The SMILES string of the molecule is CON[S@@](=O)c1ccc([N+](=O)[O-])cc1. The van der Waals surface area contributed by atoms with Gasteiger partial charge < -0.3 is 0 Å². The smallest absolute Gasteiger partial charge is 0.269 e. The lowest BCUT2D eigenvalue weighted by Gasteiger charge is -2.00. The highest BCUT2D eigenvalue weighted by atomic mass is 32.2. The van der Waals surface area contributed by atoms with Gasteiger partial charge in [0.25, 0.3) is 5.69 Å². The second-order valence-electron chi connectivity index (χ2n) is 2.31. The van der Waals surface area contributed by atoms with Crippen LogP contribution >= 0.6 is 0 Å². The minimum absolute atomic E-state index is 0.0387. The van der Waals surface area contributed by atoms with E-state index < -0.39 is 15.9 Å². The Balaban J connectivity index is 2.83. The fourth-order valence-electron chi connectivity index (χ4n) is 0.815. The summed E-state index contributed by atoms with van der Waals surface area (Å²) in [5.41, 5.74) is -0.0387. The second kappa shape index (κ2) is 4.80. The van der Waals surface area contributed by atoms with Crippen LogP contribution in [-0.2, 0) is 15.8 Å². The number of benzene rings is 1. The Bertz CT molecular complexity index is 351. The van der Waals surface area contributed by atoms with Gasteiger partial charge >= 0.3 is 0 Å². The first kappa shape index (κ1) is 10.8. The largest absolute Gasteiger partial charge is 0.292 e. The third-order valence-corrected chi connectivity index (χ3v) is 2.44. The molecule has 0 amide bonds. The minimum atomic E-state index is -1.50. The quantitative estimate of drug-likeness (QED) is 0.595. The topological polar surface area (TPSA) is 81.5 Å². The molecular formula is C7H8N2O4S. The molecule has 0 unspecified atom stereocenters. The Morgan fingerprint density at radius 3 is 2.43 bits per heavy atom. The number of nitrogens with one attached hydrogen (secondary N) is 1. The normalized spacial score (nSPS) is 12.4. The number of nitrogens with zero attached hydrogens (tertiary/aromatic N) is 1. The van der Waals surface area contributed by atoms with Crippen molar-refractivity contribution in [3.05, 3.63) is 34.4 Å². The van der Waals surface area contributed by atoms with Crippen LogP contribution in [0.25, 0.3) is 0 Å². The summed E-state index contributed by atoms with van der Waals surface area (Å²) in [5.74, 6) is 0. The zero-order chi connectivity index (χ0) is 10.6. The van der Waals surface area contributed by atoms with E-state index in [4.69, 9.17) is 0 Å². The van der Waals surface area contributed by atoms with E-state index >= 15 is 0 Å². The molecule has 0 aromatic heterocycles. The second-order valence-corrected chi connectivity index (χ2v) is 3.48. The van der Waals surface area contributed by atoms with E-state index in [1.165, 1.54) is 31.4 Å². The Morgan fingerprint density at radius 1 is 1.43 bits per heavy atom. The van der Waals surface area contributed by atoms with Gasteiger partial charge in [-0.15, -0.1) is 4.89 Å². The van der Waals surface area contributed by atoms with Crippen LogP contribution in [0.4, 0.5) is 5.69 Å². The monoisotopic (exact) mass is 216 g/mol. The molecule has 1 N–H and O–H groups in total. The summed E-state index contributed by atoms with van der Waals surface area (Å²) in [6, 6.07) is 5.37. The van der Waals surface area contributed by atoms with Crippen molar-refractivity contribution in [2.24, 2.45) is 0 Å². The van der Waals surface area contributed by atoms with Gasteiger partial charge in [-0.3, -0.25) is 15.0 Å². The molecule has 6 nitrogen and oxygen atoms in total. The molecule has 1 atom stereocenters. The predicted octanol–water partition coefficient (Wildman–Crippen LogP) is 0.768. The Hall–Kier alpha value is -1.31. The van der Waals surface area contributed by atoms with E-state index in [9.17, 15) is 14.3 Å². The summed E-state index contributed by atoms with van der Waals surface area (Å²) in [6.45, 7) is 0. The Kier molecular flexibility index (Phi) is 3.69. The molecule has 0 fully saturated rings. The van der Waals surface area contributed by atoms with Crippen LogP contribution in [0.2, 0.25) is 0 Å². The van der Waals surface area contributed by atoms with Crippen molar-refractivity contribution in [1.29, 1.82) is 0 Å². The maximum atomic E-state index is 11.2. The highest BCUT2D eigenvalue weighted by Crippen LogP contribution is 2.13. The molecule has 1 aromatic rings. The van der Waals surface area contributed by atoms with E-state index in [1.54, 1.807) is 0 Å². The highest BCUT2D eigenvalue weighted by Gasteiger charge is 2.07. The Morgan fingerprint density at radius 2 is 2.00 bits per heavy atom. The number of nitro benzene ring substituents is 1. The molecule has 1 aromatic carbocycles. The summed E-state index contributed by atoms with van der Waals surface area (Å²) in [6.07, 6.45) is 0. The fourth-order valence-corrected chi connectivity index (χ4v) is 1.45. The van der Waals surface area contributed by atoms with E-state index in [-0.39, 0.29) is 5.69 Å². The third kappa shape index (κ3) is 2.59. The van der Waals surface area contributed by atoms with Crippen LogP contribution in [0.5, 0.6) is 0 Å². The van der Waals surface area contributed by atoms with Gasteiger partial charge in [0.2, 0.25) is 0 Å². The fraction of sp³-hybridized carbons (Fsp3) is 0.143. The van der Waals surface area contributed by atoms with Crippen molar-refractivity contribution in [2.45, 2.75) is 4.90 Å². The average Bonchev–Trinajstić information content (AvgIpc) is 2.18. The number of nitro groups is 1. The van der Waals surface area contributed by atoms with E-state index in [1.807, 2.05) is 0 Å². The van der Waals surface area contributed by atoms with Gasteiger partial charge in [0.15, 0.2) is 0 Å². The number of rotatable bonds is 4. The lowest BCUT2D eigenvalue weighted by molar-refractivity contribution is -0.384.